The van der Waals surface area contributed by atoms with Crippen LogP contribution < -0.4 is 0 Å². The molecule has 4 heteroatoms. The van der Waals surface area contributed by atoms with Gasteiger partial charge in [0.05, 0.1) is 0 Å². The molecule has 0 N–H and O–H groups in total. The minimum Gasteiger partial charge on any atom is -0.242 e. The van der Waals surface area contributed by atoms with E-state index in [0.29, 0.717) is 11.1 Å². The maximum absolute atomic E-state index is 14.3. The first-order valence-corrected chi connectivity index (χ1v) is 8.42. The van der Waals surface area contributed by atoms with Crippen molar-refractivity contribution in [3.63, 3.8) is 0 Å². The third kappa shape index (κ3) is 4.65. The molecule has 0 unspecified atom stereocenters. The Kier molecular flexibility index (Phi) is 5.73. The molecule has 0 aliphatic heterocycles. The zero-order chi connectivity index (χ0) is 19.2. The SMILES string of the molecule is N#Cc1c(F)cc(C=Cc2ccc(C[C@@H](F)c3ccccc3)cc2)cc1F. The molecule has 3 aromatic carbocycles. The van der Waals surface area contributed by atoms with E-state index in [1.54, 1.807) is 24.3 Å². The molecule has 0 fully saturated rings. The summed E-state index contributed by atoms with van der Waals surface area (Å²) in [5.41, 5.74) is 2.06. The van der Waals surface area contributed by atoms with Crippen molar-refractivity contribution in [3.8, 4) is 6.07 Å². The average molecular weight is 363 g/mol. The second-order valence-electron chi connectivity index (χ2n) is 6.13. The summed E-state index contributed by atoms with van der Waals surface area (Å²) in [7, 11) is 0. The lowest BCUT2D eigenvalue weighted by molar-refractivity contribution is 0.342. The molecule has 0 bridgehead atoms. The summed E-state index contributed by atoms with van der Waals surface area (Å²) < 4.78 is 41.6. The van der Waals surface area contributed by atoms with Crippen LogP contribution in [0.3, 0.4) is 0 Å². The molecular formula is C23H16F3N. The standard InChI is InChI=1S/C23H16F3N/c24-21(19-4-2-1-3-5-19)12-17-9-6-16(7-10-17)8-11-18-13-22(25)20(15-27)23(26)14-18/h1-11,13-14,21H,12H2/t21-/m1/s1. The fourth-order valence-corrected chi connectivity index (χ4v) is 2.74. The number of hydrogen-bond acceptors (Lipinski definition) is 1. The Morgan fingerprint density at radius 2 is 1.44 bits per heavy atom. The molecule has 0 saturated carbocycles. The highest BCUT2D eigenvalue weighted by molar-refractivity contribution is 5.70. The normalized spacial score (nSPS) is 12.1. The van der Waals surface area contributed by atoms with Gasteiger partial charge in [-0.05, 0) is 34.4 Å². The van der Waals surface area contributed by atoms with E-state index in [-0.39, 0.29) is 6.42 Å². The van der Waals surface area contributed by atoms with Crippen LogP contribution in [0.15, 0.2) is 66.7 Å². The van der Waals surface area contributed by atoms with Crippen molar-refractivity contribution in [3.05, 3.63) is 106 Å². The quantitative estimate of drug-likeness (QED) is 0.491. The Hall–Kier alpha value is -3.32. The highest BCUT2D eigenvalue weighted by Crippen LogP contribution is 2.23. The number of halogens is 3. The van der Waals surface area contributed by atoms with E-state index in [9.17, 15) is 13.2 Å². The maximum atomic E-state index is 14.3. The zero-order valence-corrected chi connectivity index (χ0v) is 14.4. The summed E-state index contributed by atoms with van der Waals surface area (Å²) >= 11 is 0. The molecule has 0 aliphatic rings. The fourth-order valence-electron chi connectivity index (χ4n) is 2.74. The first kappa shape index (κ1) is 18.5. The minimum atomic E-state index is -1.07. The molecule has 3 rings (SSSR count). The van der Waals surface area contributed by atoms with E-state index < -0.39 is 23.4 Å². The molecule has 134 valence electrons. The van der Waals surface area contributed by atoms with Crippen LogP contribution >= 0.6 is 0 Å². The van der Waals surface area contributed by atoms with Crippen LogP contribution in [0.4, 0.5) is 13.2 Å². The van der Waals surface area contributed by atoms with Crippen LogP contribution in [0, 0.1) is 23.0 Å². The van der Waals surface area contributed by atoms with Gasteiger partial charge in [0.1, 0.15) is 29.4 Å². The third-order valence-corrected chi connectivity index (χ3v) is 4.20. The highest BCUT2D eigenvalue weighted by atomic mass is 19.1. The van der Waals surface area contributed by atoms with Crippen molar-refractivity contribution in [1.29, 1.82) is 5.26 Å². The van der Waals surface area contributed by atoms with E-state index >= 15 is 0 Å². The molecule has 0 saturated heterocycles. The Balaban J connectivity index is 1.69. The van der Waals surface area contributed by atoms with E-state index in [4.69, 9.17) is 5.26 Å². The number of alkyl halides is 1. The summed E-state index contributed by atoms with van der Waals surface area (Å²) in [5.74, 6) is -1.77. The molecule has 3 aromatic rings. The molecule has 1 nitrogen and oxygen atoms in total. The van der Waals surface area contributed by atoms with Gasteiger partial charge in [-0.1, -0.05) is 66.7 Å². The molecule has 0 aromatic heterocycles. The number of rotatable bonds is 5. The molecule has 0 heterocycles. The fraction of sp³-hybridized carbons (Fsp3) is 0.0870. The number of hydrogen-bond donors (Lipinski definition) is 0. The number of benzene rings is 3. The highest BCUT2D eigenvalue weighted by Gasteiger charge is 2.10. The smallest absolute Gasteiger partial charge is 0.144 e. The van der Waals surface area contributed by atoms with Gasteiger partial charge in [-0.25, -0.2) is 13.2 Å². The lowest BCUT2D eigenvalue weighted by Crippen LogP contribution is -1.96. The van der Waals surface area contributed by atoms with Crippen LogP contribution in [0.5, 0.6) is 0 Å². The van der Waals surface area contributed by atoms with Crippen molar-refractivity contribution in [2.75, 3.05) is 0 Å². The van der Waals surface area contributed by atoms with Crippen LogP contribution in [0.2, 0.25) is 0 Å². The van der Waals surface area contributed by atoms with E-state index in [1.807, 2.05) is 42.5 Å². The minimum absolute atomic E-state index is 0.278. The second kappa shape index (κ2) is 8.37. The average Bonchev–Trinajstić information content (AvgIpc) is 2.68. The van der Waals surface area contributed by atoms with Crippen molar-refractivity contribution >= 4 is 12.2 Å². The zero-order valence-electron chi connectivity index (χ0n) is 14.4. The lowest BCUT2D eigenvalue weighted by Gasteiger charge is -2.08. The second-order valence-corrected chi connectivity index (χ2v) is 6.13. The van der Waals surface area contributed by atoms with Crippen molar-refractivity contribution in [2.45, 2.75) is 12.6 Å². The van der Waals surface area contributed by atoms with Gasteiger partial charge in [-0.15, -0.1) is 0 Å². The van der Waals surface area contributed by atoms with Crippen molar-refractivity contribution in [2.24, 2.45) is 0 Å². The molecule has 0 radical (unpaired) electrons. The van der Waals surface area contributed by atoms with Gasteiger partial charge in [-0.2, -0.15) is 5.26 Å². The Morgan fingerprint density at radius 3 is 2.04 bits per heavy atom. The Labute approximate surface area is 156 Å². The van der Waals surface area contributed by atoms with Gasteiger partial charge in [0.2, 0.25) is 0 Å². The predicted octanol–water partition coefficient (Wildman–Crippen LogP) is 6.26. The van der Waals surface area contributed by atoms with Gasteiger partial charge in [-0.3, -0.25) is 0 Å². The van der Waals surface area contributed by atoms with Gasteiger partial charge < -0.3 is 0 Å². The van der Waals surface area contributed by atoms with Gasteiger partial charge >= 0.3 is 0 Å². The third-order valence-electron chi connectivity index (χ3n) is 4.20. The molecule has 0 amide bonds. The maximum Gasteiger partial charge on any atom is 0.144 e. The summed E-state index contributed by atoms with van der Waals surface area (Å²) in [4.78, 5) is 0. The van der Waals surface area contributed by atoms with Crippen LogP contribution in [0.1, 0.15) is 34.0 Å². The molecule has 0 aliphatic carbocycles. The molecule has 0 spiro atoms. The molecular weight excluding hydrogens is 347 g/mol. The Bertz CT molecular complexity index is 963. The molecule has 27 heavy (non-hydrogen) atoms. The van der Waals surface area contributed by atoms with Gasteiger partial charge in [0.15, 0.2) is 0 Å². The van der Waals surface area contributed by atoms with Gasteiger partial charge in [0.25, 0.3) is 0 Å². The van der Waals surface area contributed by atoms with Crippen molar-refractivity contribution < 1.29 is 13.2 Å². The first-order valence-electron chi connectivity index (χ1n) is 8.42. The first-order chi connectivity index (χ1) is 13.1. The largest absolute Gasteiger partial charge is 0.242 e. The van der Waals surface area contributed by atoms with Gasteiger partial charge in [0, 0.05) is 6.42 Å². The summed E-state index contributed by atoms with van der Waals surface area (Å²) in [5, 5.41) is 8.68. The van der Waals surface area contributed by atoms with E-state index in [2.05, 4.69) is 0 Å². The van der Waals surface area contributed by atoms with Crippen LogP contribution in [-0.2, 0) is 6.42 Å². The summed E-state index contributed by atoms with van der Waals surface area (Å²) in [6, 6.07) is 20.0. The lowest BCUT2D eigenvalue weighted by atomic mass is 10.0. The van der Waals surface area contributed by atoms with Crippen LogP contribution in [-0.4, -0.2) is 0 Å². The number of nitriles is 1. The summed E-state index contributed by atoms with van der Waals surface area (Å²) in [6.07, 6.45) is 2.47. The summed E-state index contributed by atoms with van der Waals surface area (Å²) in [6.45, 7) is 0. The molecule has 1 atom stereocenters. The Morgan fingerprint density at radius 1 is 0.852 bits per heavy atom. The van der Waals surface area contributed by atoms with E-state index in [0.717, 1.165) is 23.3 Å². The monoisotopic (exact) mass is 363 g/mol. The predicted molar refractivity (Wildman–Crippen MR) is 100 cm³/mol. The van der Waals surface area contributed by atoms with E-state index in [1.165, 1.54) is 6.07 Å². The topological polar surface area (TPSA) is 23.8 Å². The van der Waals surface area contributed by atoms with Crippen LogP contribution in [0.25, 0.3) is 12.2 Å². The van der Waals surface area contributed by atoms with Crippen molar-refractivity contribution in [1.82, 2.24) is 0 Å². The number of nitrogens with zero attached hydrogens (tertiary/aromatic N) is 1.